The molecule has 4 aromatic rings. The molecule has 0 bridgehead atoms. The number of aromatic nitrogens is 1. The third kappa shape index (κ3) is 4.67. The zero-order valence-electron chi connectivity index (χ0n) is 19.4. The molecule has 0 aliphatic carbocycles. The minimum absolute atomic E-state index is 0.254. The van der Waals surface area contributed by atoms with Gasteiger partial charge in [-0.15, -0.1) is 0 Å². The number of rotatable bonds is 6. The minimum Gasteiger partial charge on any atom is -0.340 e. The third-order valence-electron chi connectivity index (χ3n) is 6.02. The van der Waals surface area contributed by atoms with Crippen molar-refractivity contribution in [3.63, 3.8) is 0 Å². The number of fused-ring (bicyclic) bond motifs is 1. The maximum absolute atomic E-state index is 13.4. The van der Waals surface area contributed by atoms with E-state index in [1.165, 1.54) is 24.3 Å². The lowest BCUT2D eigenvalue weighted by molar-refractivity contribution is -0.127. The summed E-state index contributed by atoms with van der Waals surface area (Å²) in [6.07, 6.45) is 1.73. The number of carbonyl (C=O) groups is 3. The first-order chi connectivity index (χ1) is 17.4. The Balaban J connectivity index is 1.41. The van der Waals surface area contributed by atoms with E-state index in [1.807, 2.05) is 49.4 Å². The number of hydrogen-bond donors (Lipinski definition) is 1. The Hall–Kier alpha value is -4.17. The van der Waals surface area contributed by atoms with Gasteiger partial charge >= 0.3 is 0 Å². The summed E-state index contributed by atoms with van der Waals surface area (Å²) in [6, 6.07) is 23.5. The summed E-state index contributed by atoms with van der Waals surface area (Å²) in [5.41, 5.74) is 4.26. The highest BCUT2D eigenvalue weighted by Crippen LogP contribution is 2.35. The average molecular weight is 500 g/mol. The lowest BCUT2D eigenvalue weighted by Crippen LogP contribution is -2.36. The number of carbonyl (C=O) groups excluding carboxylic acids is 3. The number of anilines is 1. The Labute approximate surface area is 211 Å². The van der Waals surface area contributed by atoms with Crippen LogP contribution in [0.25, 0.3) is 17.0 Å². The molecule has 3 amide bonds. The molecule has 1 aromatic heterocycles. The monoisotopic (exact) mass is 499 g/mol. The molecule has 1 aliphatic heterocycles. The van der Waals surface area contributed by atoms with Gasteiger partial charge in [0.25, 0.3) is 11.1 Å². The Bertz CT molecular complexity index is 1530. The quantitative estimate of drug-likeness (QED) is 0.340. The van der Waals surface area contributed by atoms with Gasteiger partial charge in [-0.3, -0.25) is 19.3 Å². The molecule has 1 aliphatic rings. The highest BCUT2D eigenvalue weighted by Gasteiger charge is 2.36. The Morgan fingerprint density at radius 1 is 1.00 bits per heavy atom. The lowest BCUT2D eigenvalue weighted by atomic mass is 10.1. The Morgan fingerprint density at radius 3 is 2.53 bits per heavy atom. The van der Waals surface area contributed by atoms with Gasteiger partial charge < -0.3 is 9.88 Å². The van der Waals surface area contributed by atoms with Crippen molar-refractivity contribution in [1.29, 1.82) is 0 Å². The summed E-state index contributed by atoms with van der Waals surface area (Å²) in [4.78, 5) is 39.3. The number of halogens is 1. The van der Waals surface area contributed by atoms with E-state index in [1.54, 1.807) is 6.08 Å². The molecular weight excluding hydrogens is 477 g/mol. The molecule has 2 heterocycles. The summed E-state index contributed by atoms with van der Waals surface area (Å²) >= 11 is 0.807. The number of amides is 3. The molecule has 5 rings (SSSR count). The van der Waals surface area contributed by atoms with Crippen molar-refractivity contribution in [1.82, 2.24) is 9.47 Å². The average Bonchev–Trinajstić information content (AvgIpc) is 3.28. The van der Waals surface area contributed by atoms with Gasteiger partial charge in [0, 0.05) is 34.4 Å². The van der Waals surface area contributed by atoms with Crippen LogP contribution in [0.15, 0.2) is 83.8 Å². The van der Waals surface area contributed by atoms with E-state index < -0.39 is 29.4 Å². The maximum atomic E-state index is 13.4. The number of benzene rings is 3. The lowest BCUT2D eigenvalue weighted by Gasteiger charge is -2.12. The fourth-order valence-electron chi connectivity index (χ4n) is 4.29. The van der Waals surface area contributed by atoms with Gasteiger partial charge in [-0.2, -0.15) is 0 Å². The zero-order valence-corrected chi connectivity index (χ0v) is 20.2. The van der Waals surface area contributed by atoms with Gasteiger partial charge in [0.2, 0.25) is 5.91 Å². The number of imide groups is 1. The second-order valence-corrected chi connectivity index (χ2v) is 9.41. The summed E-state index contributed by atoms with van der Waals surface area (Å²) in [7, 11) is 0. The van der Waals surface area contributed by atoms with E-state index in [4.69, 9.17) is 0 Å². The molecule has 6 nitrogen and oxygen atoms in total. The third-order valence-corrected chi connectivity index (χ3v) is 6.93. The molecule has 1 N–H and O–H groups in total. The summed E-state index contributed by atoms with van der Waals surface area (Å²) in [6.45, 7) is 2.21. The smallest absolute Gasteiger partial charge is 0.294 e. The first kappa shape index (κ1) is 23.6. The molecule has 0 unspecified atom stereocenters. The van der Waals surface area contributed by atoms with E-state index >= 15 is 0 Å². The van der Waals surface area contributed by atoms with E-state index in [9.17, 15) is 18.8 Å². The second-order valence-electron chi connectivity index (χ2n) is 8.41. The first-order valence-electron chi connectivity index (χ1n) is 11.3. The van der Waals surface area contributed by atoms with Gasteiger partial charge in [-0.05, 0) is 54.6 Å². The predicted molar refractivity (Wildman–Crippen MR) is 140 cm³/mol. The van der Waals surface area contributed by atoms with Crippen LogP contribution in [0.1, 0.15) is 16.8 Å². The van der Waals surface area contributed by atoms with E-state index in [0.717, 1.165) is 44.4 Å². The molecule has 1 fully saturated rings. The molecule has 1 saturated heterocycles. The van der Waals surface area contributed by atoms with Crippen molar-refractivity contribution in [2.45, 2.75) is 13.5 Å². The molecule has 3 aromatic carbocycles. The molecule has 0 spiro atoms. The predicted octanol–water partition coefficient (Wildman–Crippen LogP) is 5.81. The zero-order chi connectivity index (χ0) is 25.2. The SMILES string of the molecule is Cc1c(/C=C2/SC(=O)N(CC(=O)Nc3cccc(F)c3)C2=O)c2ccccc2n1Cc1ccccc1. The fraction of sp³-hybridized carbons (Fsp3) is 0.107. The Kier molecular flexibility index (Phi) is 6.43. The standard InChI is InChI=1S/C28H22FN3O3S/c1-18-23(22-12-5-6-13-24(22)31(18)16-19-8-3-2-4-9-19)15-25-27(34)32(28(35)36-25)17-26(33)30-21-11-7-10-20(29)14-21/h2-15H,16-17H2,1H3,(H,30,33)/b25-15+. The van der Waals surface area contributed by atoms with Gasteiger partial charge in [-0.1, -0.05) is 54.6 Å². The van der Waals surface area contributed by atoms with Crippen LogP contribution in [-0.4, -0.2) is 33.1 Å². The highest BCUT2D eigenvalue weighted by molar-refractivity contribution is 8.18. The van der Waals surface area contributed by atoms with Crippen LogP contribution in [0.4, 0.5) is 14.9 Å². The van der Waals surface area contributed by atoms with Crippen LogP contribution in [0, 0.1) is 12.7 Å². The van der Waals surface area contributed by atoms with Crippen molar-refractivity contribution in [3.05, 3.63) is 106 Å². The van der Waals surface area contributed by atoms with Crippen molar-refractivity contribution < 1.29 is 18.8 Å². The number of nitrogens with zero attached hydrogens (tertiary/aromatic N) is 2. The molecule has 8 heteroatoms. The van der Waals surface area contributed by atoms with Gasteiger partial charge in [0.15, 0.2) is 0 Å². The number of thioether (sulfide) groups is 1. The number of para-hydroxylation sites is 1. The first-order valence-corrected chi connectivity index (χ1v) is 12.1. The van der Waals surface area contributed by atoms with Crippen LogP contribution in [0.2, 0.25) is 0 Å². The molecule has 0 atom stereocenters. The fourth-order valence-corrected chi connectivity index (χ4v) is 5.11. The van der Waals surface area contributed by atoms with Gasteiger partial charge in [0.1, 0.15) is 12.4 Å². The van der Waals surface area contributed by atoms with Crippen molar-refractivity contribution in [3.8, 4) is 0 Å². The molecule has 180 valence electrons. The van der Waals surface area contributed by atoms with Crippen LogP contribution < -0.4 is 5.32 Å². The van der Waals surface area contributed by atoms with Crippen LogP contribution in [0.5, 0.6) is 0 Å². The Morgan fingerprint density at radius 2 is 1.75 bits per heavy atom. The van der Waals surface area contributed by atoms with Crippen LogP contribution in [-0.2, 0) is 16.1 Å². The molecule has 0 radical (unpaired) electrons. The highest BCUT2D eigenvalue weighted by atomic mass is 32.2. The maximum Gasteiger partial charge on any atom is 0.294 e. The van der Waals surface area contributed by atoms with E-state index in [2.05, 4.69) is 22.0 Å². The van der Waals surface area contributed by atoms with Gasteiger partial charge in [0.05, 0.1) is 4.91 Å². The van der Waals surface area contributed by atoms with Crippen molar-refractivity contribution >= 4 is 51.5 Å². The summed E-state index contributed by atoms with van der Waals surface area (Å²) < 4.78 is 15.6. The van der Waals surface area contributed by atoms with Gasteiger partial charge in [-0.25, -0.2) is 4.39 Å². The largest absolute Gasteiger partial charge is 0.340 e. The summed E-state index contributed by atoms with van der Waals surface area (Å²) in [5.74, 6) is -1.61. The van der Waals surface area contributed by atoms with Crippen LogP contribution >= 0.6 is 11.8 Å². The number of hydrogen-bond acceptors (Lipinski definition) is 4. The summed E-state index contributed by atoms with van der Waals surface area (Å²) in [5, 5.41) is 2.97. The normalized spacial score (nSPS) is 14.7. The minimum atomic E-state index is -0.584. The van der Waals surface area contributed by atoms with Crippen molar-refractivity contribution in [2.75, 3.05) is 11.9 Å². The second kappa shape index (κ2) is 9.83. The van der Waals surface area contributed by atoms with Crippen LogP contribution in [0.3, 0.4) is 0 Å². The molecular formula is C28H22FN3O3S. The van der Waals surface area contributed by atoms with E-state index in [0.29, 0.717) is 6.54 Å². The molecule has 0 saturated carbocycles. The number of nitrogens with one attached hydrogen (secondary N) is 1. The topological polar surface area (TPSA) is 71.4 Å². The van der Waals surface area contributed by atoms with E-state index in [-0.39, 0.29) is 10.6 Å². The molecule has 36 heavy (non-hydrogen) atoms. The van der Waals surface area contributed by atoms with Crippen molar-refractivity contribution in [2.24, 2.45) is 0 Å².